The van der Waals surface area contributed by atoms with Crippen LogP contribution in [0, 0.1) is 18.3 Å². The molecule has 110 valence electrons. The third-order valence-electron chi connectivity index (χ3n) is 3.00. The minimum atomic E-state index is -0.871. The largest absolute Gasteiger partial charge is 0.481 e. The van der Waals surface area contributed by atoms with E-state index in [9.17, 15) is 14.7 Å². The number of aryl methyl sites for hydroxylation is 1. The number of carbonyl (C=O) groups is 2. The molecule has 20 heavy (non-hydrogen) atoms. The number of carbonyl (C=O) groups excluding carboxylic acids is 1. The van der Waals surface area contributed by atoms with E-state index in [4.69, 9.17) is 0 Å². The first-order valence-electron chi connectivity index (χ1n) is 6.77. The van der Waals surface area contributed by atoms with Crippen molar-refractivity contribution >= 4 is 11.9 Å². The number of aliphatic carboxylic acids is 1. The van der Waals surface area contributed by atoms with E-state index >= 15 is 0 Å². The lowest BCUT2D eigenvalue weighted by Gasteiger charge is -2.23. The van der Waals surface area contributed by atoms with Crippen LogP contribution in [-0.4, -0.2) is 23.5 Å². The smallest absolute Gasteiger partial charge is 0.308 e. The SMILES string of the molecule is Cc1cccc(C(=O)NCC(CC(C)(C)C)C(=O)O)c1. The third-order valence-corrected chi connectivity index (χ3v) is 3.00. The average Bonchev–Trinajstić information content (AvgIpc) is 2.32. The van der Waals surface area contributed by atoms with E-state index < -0.39 is 11.9 Å². The van der Waals surface area contributed by atoms with Crippen molar-refractivity contribution < 1.29 is 14.7 Å². The lowest BCUT2D eigenvalue weighted by Crippen LogP contribution is -2.35. The molecular formula is C16H23NO3. The molecule has 0 aliphatic heterocycles. The predicted molar refractivity (Wildman–Crippen MR) is 78.7 cm³/mol. The maximum absolute atomic E-state index is 12.0. The summed E-state index contributed by atoms with van der Waals surface area (Å²) < 4.78 is 0. The molecule has 2 N–H and O–H groups in total. The van der Waals surface area contributed by atoms with Gasteiger partial charge in [-0.2, -0.15) is 0 Å². The van der Waals surface area contributed by atoms with E-state index in [1.54, 1.807) is 12.1 Å². The summed E-state index contributed by atoms with van der Waals surface area (Å²) in [4.78, 5) is 23.2. The van der Waals surface area contributed by atoms with Crippen molar-refractivity contribution in [3.05, 3.63) is 35.4 Å². The second-order valence-electron chi connectivity index (χ2n) is 6.38. The Balaban J connectivity index is 2.64. The number of carboxylic acid groups (broad SMARTS) is 1. The normalized spacial score (nSPS) is 12.8. The van der Waals surface area contributed by atoms with Crippen LogP contribution in [0.4, 0.5) is 0 Å². The second kappa shape index (κ2) is 6.55. The summed E-state index contributed by atoms with van der Waals surface area (Å²) in [5.41, 5.74) is 1.48. The van der Waals surface area contributed by atoms with Gasteiger partial charge in [-0.1, -0.05) is 38.5 Å². The van der Waals surface area contributed by atoms with Gasteiger partial charge in [0.15, 0.2) is 0 Å². The Hall–Kier alpha value is -1.84. The van der Waals surface area contributed by atoms with Crippen molar-refractivity contribution in [1.29, 1.82) is 0 Å². The summed E-state index contributed by atoms with van der Waals surface area (Å²) in [7, 11) is 0. The Morgan fingerprint density at radius 1 is 1.30 bits per heavy atom. The molecule has 0 aromatic heterocycles. The Labute approximate surface area is 120 Å². The van der Waals surface area contributed by atoms with E-state index in [-0.39, 0.29) is 17.9 Å². The summed E-state index contributed by atoms with van der Waals surface area (Å²) in [6.07, 6.45) is 0.524. The summed E-state index contributed by atoms with van der Waals surface area (Å²) in [5.74, 6) is -1.66. The molecule has 1 atom stereocenters. The first kappa shape index (κ1) is 16.2. The molecule has 4 heteroatoms. The van der Waals surface area contributed by atoms with Gasteiger partial charge in [-0.3, -0.25) is 9.59 Å². The van der Waals surface area contributed by atoms with Crippen LogP contribution in [0.2, 0.25) is 0 Å². The van der Waals surface area contributed by atoms with Gasteiger partial charge in [0.25, 0.3) is 5.91 Å². The molecular weight excluding hydrogens is 254 g/mol. The van der Waals surface area contributed by atoms with Crippen LogP contribution in [0.3, 0.4) is 0 Å². The van der Waals surface area contributed by atoms with Gasteiger partial charge in [0.1, 0.15) is 0 Å². The molecule has 0 spiro atoms. The second-order valence-corrected chi connectivity index (χ2v) is 6.38. The van der Waals surface area contributed by atoms with E-state index in [0.717, 1.165) is 5.56 Å². The molecule has 0 heterocycles. The van der Waals surface area contributed by atoms with Gasteiger partial charge in [0.2, 0.25) is 0 Å². The highest BCUT2D eigenvalue weighted by molar-refractivity contribution is 5.94. The molecule has 0 saturated carbocycles. The Morgan fingerprint density at radius 2 is 1.95 bits per heavy atom. The highest BCUT2D eigenvalue weighted by Gasteiger charge is 2.25. The van der Waals surface area contributed by atoms with Crippen LogP contribution in [0.5, 0.6) is 0 Å². The minimum absolute atomic E-state index is 0.0862. The Kier molecular flexibility index (Phi) is 5.31. The number of rotatable bonds is 5. The van der Waals surface area contributed by atoms with Crippen molar-refractivity contribution in [2.45, 2.75) is 34.1 Å². The molecule has 1 aromatic rings. The zero-order chi connectivity index (χ0) is 15.3. The monoisotopic (exact) mass is 277 g/mol. The van der Waals surface area contributed by atoms with Crippen LogP contribution >= 0.6 is 0 Å². The molecule has 4 nitrogen and oxygen atoms in total. The zero-order valence-electron chi connectivity index (χ0n) is 12.6. The molecule has 0 aliphatic rings. The van der Waals surface area contributed by atoms with Crippen molar-refractivity contribution in [2.75, 3.05) is 6.54 Å². The predicted octanol–water partition coefficient (Wildman–Crippen LogP) is 2.86. The fourth-order valence-corrected chi connectivity index (χ4v) is 2.09. The van der Waals surface area contributed by atoms with E-state index in [1.165, 1.54) is 0 Å². The lowest BCUT2D eigenvalue weighted by atomic mass is 9.84. The number of hydrogen-bond donors (Lipinski definition) is 2. The molecule has 1 rings (SSSR count). The molecule has 0 radical (unpaired) electrons. The third kappa shape index (κ3) is 5.43. The molecule has 0 fully saturated rings. The number of nitrogens with one attached hydrogen (secondary N) is 1. The van der Waals surface area contributed by atoms with Crippen molar-refractivity contribution in [3.8, 4) is 0 Å². The Bertz CT molecular complexity index is 489. The molecule has 0 saturated heterocycles. The fraction of sp³-hybridized carbons (Fsp3) is 0.500. The topological polar surface area (TPSA) is 66.4 Å². The van der Waals surface area contributed by atoms with Gasteiger partial charge >= 0.3 is 5.97 Å². The average molecular weight is 277 g/mol. The highest BCUT2D eigenvalue weighted by atomic mass is 16.4. The first-order valence-corrected chi connectivity index (χ1v) is 6.77. The van der Waals surface area contributed by atoms with Gasteiger partial charge in [-0.05, 0) is 30.9 Å². The first-order chi connectivity index (χ1) is 9.19. The number of benzene rings is 1. The highest BCUT2D eigenvalue weighted by Crippen LogP contribution is 2.24. The Morgan fingerprint density at radius 3 is 2.45 bits per heavy atom. The van der Waals surface area contributed by atoms with Crippen molar-refractivity contribution in [3.63, 3.8) is 0 Å². The fourth-order valence-electron chi connectivity index (χ4n) is 2.09. The van der Waals surface area contributed by atoms with E-state index in [1.807, 2.05) is 39.8 Å². The number of hydrogen-bond acceptors (Lipinski definition) is 2. The van der Waals surface area contributed by atoms with Crippen molar-refractivity contribution in [1.82, 2.24) is 5.32 Å². The summed E-state index contributed by atoms with van der Waals surface area (Å²) >= 11 is 0. The van der Waals surface area contributed by atoms with Crippen LogP contribution in [0.25, 0.3) is 0 Å². The van der Waals surface area contributed by atoms with Crippen molar-refractivity contribution in [2.24, 2.45) is 11.3 Å². The van der Waals surface area contributed by atoms with E-state index in [2.05, 4.69) is 5.32 Å². The van der Waals surface area contributed by atoms with Gasteiger partial charge < -0.3 is 10.4 Å². The lowest BCUT2D eigenvalue weighted by molar-refractivity contribution is -0.142. The van der Waals surface area contributed by atoms with Crippen LogP contribution in [0.15, 0.2) is 24.3 Å². The van der Waals surface area contributed by atoms with E-state index in [0.29, 0.717) is 12.0 Å². The van der Waals surface area contributed by atoms with Gasteiger partial charge in [-0.25, -0.2) is 0 Å². The van der Waals surface area contributed by atoms with Crippen LogP contribution < -0.4 is 5.32 Å². The minimum Gasteiger partial charge on any atom is -0.481 e. The zero-order valence-corrected chi connectivity index (χ0v) is 12.6. The van der Waals surface area contributed by atoms with Crippen LogP contribution in [0.1, 0.15) is 43.1 Å². The van der Waals surface area contributed by atoms with Gasteiger partial charge in [0, 0.05) is 12.1 Å². The van der Waals surface area contributed by atoms with Crippen LogP contribution in [-0.2, 0) is 4.79 Å². The molecule has 1 aromatic carbocycles. The van der Waals surface area contributed by atoms with Gasteiger partial charge in [0.05, 0.1) is 5.92 Å². The maximum Gasteiger partial charge on any atom is 0.308 e. The molecule has 1 amide bonds. The molecule has 0 bridgehead atoms. The van der Waals surface area contributed by atoms with Gasteiger partial charge in [-0.15, -0.1) is 0 Å². The quantitative estimate of drug-likeness (QED) is 0.869. The standard InChI is InChI=1S/C16H23NO3/c1-11-6-5-7-12(8-11)14(18)17-10-13(15(19)20)9-16(2,3)4/h5-8,13H,9-10H2,1-4H3,(H,17,18)(H,19,20). The summed E-state index contributed by atoms with van der Waals surface area (Å²) in [6, 6.07) is 7.24. The maximum atomic E-state index is 12.0. The molecule has 1 unspecified atom stereocenters. The summed E-state index contributed by atoms with van der Waals surface area (Å²) in [6.45, 7) is 8.04. The molecule has 0 aliphatic carbocycles. The summed E-state index contributed by atoms with van der Waals surface area (Å²) in [5, 5.41) is 11.9. The number of amides is 1. The number of carboxylic acids is 1.